The molecule has 0 radical (unpaired) electrons. The van der Waals surface area contributed by atoms with Crippen LogP contribution in [0.15, 0.2) is 23.8 Å². The van der Waals surface area contributed by atoms with E-state index < -0.39 is 0 Å². The maximum atomic E-state index is 8.80. The molecule has 0 fully saturated rings. The first-order valence-electron chi connectivity index (χ1n) is 4.58. The Morgan fingerprint density at radius 2 is 2.31 bits per heavy atom. The van der Waals surface area contributed by atoms with Gasteiger partial charge in [0, 0.05) is 17.8 Å². The number of nitrogen functional groups attached to an aromatic ring is 1. The van der Waals surface area contributed by atoms with Crippen LogP contribution in [0.25, 0.3) is 0 Å². The van der Waals surface area contributed by atoms with Gasteiger partial charge in [-0.2, -0.15) is 5.26 Å². The van der Waals surface area contributed by atoms with Crippen molar-refractivity contribution >= 4 is 22.8 Å². The number of nitrogens with one attached hydrogen (secondary N) is 1. The van der Waals surface area contributed by atoms with Crippen molar-refractivity contribution < 1.29 is 0 Å². The zero-order valence-corrected chi connectivity index (χ0v) is 9.16. The Morgan fingerprint density at radius 1 is 1.44 bits per heavy atom. The summed E-state index contributed by atoms with van der Waals surface area (Å²) in [5, 5.41) is 14.7. The van der Waals surface area contributed by atoms with E-state index in [1.807, 2.05) is 11.4 Å². The van der Waals surface area contributed by atoms with E-state index in [1.165, 1.54) is 0 Å². The van der Waals surface area contributed by atoms with Crippen LogP contribution in [0, 0.1) is 11.3 Å². The number of nitriles is 1. The lowest BCUT2D eigenvalue weighted by atomic mass is 10.2. The lowest BCUT2D eigenvalue weighted by molar-refractivity contribution is 1.08. The zero-order chi connectivity index (χ0) is 11.4. The molecule has 16 heavy (non-hydrogen) atoms. The Hall–Kier alpha value is -2.13. The molecular formula is C10H9N5S. The monoisotopic (exact) mass is 231 g/mol. The highest BCUT2D eigenvalue weighted by Gasteiger charge is 2.05. The van der Waals surface area contributed by atoms with Crippen LogP contribution in [0.2, 0.25) is 0 Å². The van der Waals surface area contributed by atoms with Crippen molar-refractivity contribution in [2.45, 2.75) is 6.54 Å². The van der Waals surface area contributed by atoms with Crippen molar-refractivity contribution in [1.29, 1.82) is 5.26 Å². The minimum absolute atomic E-state index is 0.376. The van der Waals surface area contributed by atoms with Crippen LogP contribution in [0.4, 0.5) is 11.5 Å². The van der Waals surface area contributed by atoms with E-state index in [4.69, 9.17) is 11.0 Å². The summed E-state index contributed by atoms with van der Waals surface area (Å²) >= 11 is 1.55. The standard InChI is InChI=1S/C10H9N5S/c11-5-7-1-2-14-10(9(7)12)15-6-8-13-3-4-16-8/h1-4H,6,12H2,(H,14,15). The van der Waals surface area contributed by atoms with E-state index in [2.05, 4.69) is 15.3 Å². The highest BCUT2D eigenvalue weighted by atomic mass is 32.1. The first-order chi connectivity index (χ1) is 7.81. The summed E-state index contributed by atoms with van der Waals surface area (Å²) in [6.45, 7) is 0.559. The first kappa shape index (κ1) is 10.4. The molecule has 3 N–H and O–H groups in total. The molecule has 0 atom stereocenters. The molecule has 0 saturated carbocycles. The van der Waals surface area contributed by atoms with Gasteiger partial charge in [-0.3, -0.25) is 0 Å². The summed E-state index contributed by atoms with van der Waals surface area (Å²) < 4.78 is 0. The van der Waals surface area contributed by atoms with Crippen LogP contribution in [0.3, 0.4) is 0 Å². The van der Waals surface area contributed by atoms with Gasteiger partial charge in [0.2, 0.25) is 0 Å². The van der Waals surface area contributed by atoms with E-state index >= 15 is 0 Å². The molecule has 2 heterocycles. The summed E-state index contributed by atoms with van der Waals surface area (Å²) in [7, 11) is 0. The molecule has 0 amide bonds. The van der Waals surface area contributed by atoms with Gasteiger partial charge in [0.25, 0.3) is 0 Å². The zero-order valence-electron chi connectivity index (χ0n) is 8.34. The van der Waals surface area contributed by atoms with E-state index in [1.54, 1.807) is 29.8 Å². The van der Waals surface area contributed by atoms with E-state index in [9.17, 15) is 0 Å². The molecule has 0 saturated heterocycles. The maximum absolute atomic E-state index is 8.80. The molecule has 6 heteroatoms. The second kappa shape index (κ2) is 4.59. The fourth-order valence-electron chi connectivity index (χ4n) is 1.21. The second-order valence-electron chi connectivity index (χ2n) is 3.01. The van der Waals surface area contributed by atoms with E-state index in [0.717, 1.165) is 5.01 Å². The first-order valence-corrected chi connectivity index (χ1v) is 5.46. The molecule has 5 nitrogen and oxygen atoms in total. The van der Waals surface area contributed by atoms with Crippen LogP contribution in [-0.4, -0.2) is 9.97 Å². The largest absolute Gasteiger partial charge is 0.395 e. The Kier molecular flexibility index (Phi) is 2.98. The van der Waals surface area contributed by atoms with Gasteiger partial charge in [0.05, 0.1) is 17.8 Å². The van der Waals surface area contributed by atoms with E-state index in [0.29, 0.717) is 23.6 Å². The molecule has 0 unspecified atom stereocenters. The second-order valence-corrected chi connectivity index (χ2v) is 3.99. The number of pyridine rings is 1. The summed E-state index contributed by atoms with van der Waals surface area (Å²) in [5.74, 6) is 0.522. The lowest BCUT2D eigenvalue weighted by Crippen LogP contribution is -2.05. The molecule has 2 aromatic heterocycles. The molecule has 0 bridgehead atoms. The molecular weight excluding hydrogens is 222 g/mol. The minimum atomic E-state index is 0.376. The molecule has 0 spiro atoms. The third kappa shape index (κ3) is 2.10. The number of thiazole rings is 1. The van der Waals surface area contributed by atoms with Crippen LogP contribution >= 0.6 is 11.3 Å². The quantitative estimate of drug-likeness (QED) is 0.837. The highest BCUT2D eigenvalue weighted by molar-refractivity contribution is 7.09. The Bertz CT molecular complexity index is 515. The number of nitrogens with zero attached hydrogens (tertiary/aromatic N) is 3. The molecule has 2 aromatic rings. The van der Waals surface area contributed by atoms with Crippen LogP contribution in [0.5, 0.6) is 0 Å². The van der Waals surface area contributed by atoms with Crippen molar-refractivity contribution in [3.8, 4) is 6.07 Å². The average molecular weight is 231 g/mol. The van der Waals surface area contributed by atoms with Gasteiger partial charge in [-0.25, -0.2) is 9.97 Å². The third-order valence-corrected chi connectivity index (χ3v) is 2.78. The van der Waals surface area contributed by atoms with Crippen molar-refractivity contribution in [3.05, 3.63) is 34.4 Å². The molecule has 0 aliphatic heterocycles. The number of hydrogen-bond acceptors (Lipinski definition) is 6. The van der Waals surface area contributed by atoms with Crippen molar-refractivity contribution in [1.82, 2.24) is 9.97 Å². The van der Waals surface area contributed by atoms with Crippen LogP contribution in [0.1, 0.15) is 10.6 Å². The molecule has 0 aliphatic rings. The summed E-state index contributed by atoms with van der Waals surface area (Å²) in [6, 6.07) is 3.60. The summed E-state index contributed by atoms with van der Waals surface area (Å²) in [5.41, 5.74) is 6.57. The van der Waals surface area contributed by atoms with Crippen molar-refractivity contribution in [2.24, 2.45) is 0 Å². The third-order valence-electron chi connectivity index (χ3n) is 2.00. The SMILES string of the molecule is N#Cc1ccnc(NCc2nccs2)c1N. The normalized spacial score (nSPS) is 9.69. The number of rotatable bonds is 3. The highest BCUT2D eigenvalue weighted by Crippen LogP contribution is 2.19. The predicted octanol–water partition coefficient (Wildman–Crippen LogP) is 1.60. The fourth-order valence-corrected chi connectivity index (χ4v) is 1.77. The number of anilines is 2. The smallest absolute Gasteiger partial charge is 0.150 e. The molecule has 0 aromatic carbocycles. The fraction of sp³-hybridized carbons (Fsp3) is 0.100. The number of hydrogen-bond donors (Lipinski definition) is 2. The van der Waals surface area contributed by atoms with Gasteiger partial charge in [-0.15, -0.1) is 11.3 Å². The van der Waals surface area contributed by atoms with E-state index in [-0.39, 0.29) is 0 Å². The Balaban J connectivity index is 2.13. The molecule has 0 aliphatic carbocycles. The Morgan fingerprint density at radius 3 is 3.00 bits per heavy atom. The topological polar surface area (TPSA) is 87.6 Å². The van der Waals surface area contributed by atoms with Gasteiger partial charge < -0.3 is 11.1 Å². The summed E-state index contributed by atoms with van der Waals surface area (Å²) in [4.78, 5) is 8.20. The van der Waals surface area contributed by atoms with Crippen LogP contribution < -0.4 is 11.1 Å². The predicted molar refractivity (Wildman–Crippen MR) is 62.8 cm³/mol. The molecule has 2 rings (SSSR count). The number of nitrogens with two attached hydrogens (primary N) is 1. The maximum Gasteiger partial charge on any atom is 0.150 e. The van der Waals surface area contributed by atoms with Gasteiger partial charge in [-0.05, 0) is 6.07 Å². The van der Waals surface area contributed by atoms with Crippen molar-refractivity contribution in [3.63, 3.8) is 0 Å². The van der Waals surface area contributed by atoms with Gasteiger partial charge in [0.15, 0.2) is 5.82 Å². The minimum Gasteiger partial charge on any atom is -0.395 e. The van der Waals surface area contributed by atoms with Gasteiger partial charge in [0.1, 0.15) is 11.1 Å². The van der Waals surface area contributed by atoms with Crippen LogP contribution in [-0.2, 0) is 6.54 Å². The average Bonchev–Trinajstić information content (AvgIpc) is 2.81. The van der Waals surface area contributed by atoms with Gasteiger partial charge in [-0.1, -0.05) is 0 Å². The van der Waals surface area contributed by atoms with Crippen molar-refractivity contribution in [2.75, 3.05) is 11.1 Å². The summed E-state index contributed by atoms with van der Waals surface area (Å²) in [6.07, 6.45) is 3.29. The number of aromatic nitrogens is 2. The lowest BCUT2D eigenvalue weighted by Gasteiger charge is -2.06. The molecule has 80 valence electrons. The Labute approximate surface area is 96.6 Å². The van der Waals surface area contributed by atoms with Gasteiger partial charge >= 0.3 is 0 Å².